The van der Waals surface area contributed by atoms with Crippen LogP contribution >= 0.6 is 45.8 Å². The fourth-order valence-corrected chi connectivity index (χ4v) is 13.9. The molecule has 3 atom stereocenters. The smallest absolute Gasteiger partial charge is 0.0908 e. The molecule has 0 saturated heterocycles. The van der Waals surface area contributed by atoms with E-state index in [4.69, 9.17) is 9.98 Å². The Bertz CT molecular complexity index is 3050. The first-order valence-electron chi connectivity index (χ1n) is 22.1. The molecule has 4 aromatic carbocycles. The molecule has 314 valence electrons. The van der Waals surface area contributed by atoms with Crippen molar-refractivity contribution >= 4 is 92.7 Å². The Balaban J connectivity index is 1.08. The standard InChI is InChI=1S/C56H56N2S4/c1-10-11-22-46(44-25-34(4)54-49(29-44)50-30-45(26-35(5)55(50)62-54)51-56(60-39(9)58-51)42-20-16-13-17-21-42)36(6)43-24-33(3)53-48(28-43)47-27-40(23-32(2)52(47)61-53)31-57-38(8)59-37(7)41-18-14-12-15-19-41/h10-14,16-18,20-22,24-30,32,36-37H,15,19,23,31H2,1-9H3/b11-10-,46-22+,57-38?. The first-order valence-corrected chi connectivity index (χ1v) is 25.4. The number of thiophene rings is 2. The van der Waals surface area contributed by atoms with E-state index in [1.165, 1.54) is 106 Å². The molecule has 2 aliphatic rings. The molecule has 0 aliphatic heterocycles. The maximum absolute atomic E-state index is 5.14. The van der Waals surface area contributed by atoms with E-state index in [0.717, 1.165) is 36.5 Å². The summed E-state index contributed by atoms with van der Waals surface area (Å²) in [5.41, 5.74) is 15.9. The van der Waals surface area contributed by atoms with E-state index in [9.17, 15) is 0 Å². The van der Waals surface area contributed by atoms with Gasteiger partial charge in [-0.2, -0.15) is 0 Å². The molecule has 0 amide bonds. The molecule has 3 unspecified atom stereocenters. The molecule has 62 heavy (non-hydrogen) atoms. The summed E-state index contributed by atoms with van der Waals surface area (Å²) >= 11 is 7.63. The molecule has 2 nitrogen and oxygen atoms in total. The maximum Gasteiger partial charge on any atom is 0.0908 e. The summed E-state index contributed by atoms with van der Waals surface area (Å²) in [6.45, 7) is 21.2. The van der Waals surface area contributed by atoms with Gasteiger partial charge in [-0.1, -0.05) is 104 Å². The van der Waals surface area contributed by atoms with Crippen molar-refractivity contribution in [2.24, 2.45) is 4.99 Å². The van der Waals surface area contributed by atoms with E-state index in [0.29, 0.717) is 11.2 Å². The van der Waals surface area contributed by atoms with E-state index >= 15 is 0 Å². The van der Waals surface area contributed by atoms with Crippen molar-refractivity contribution in [2.45, 2.75) is 98.7 Å². The first-order chi connectivity index (χ1) is 30.0. The first kappa shape index (κ1) is 42.7. The van der Waals surface area contributed by atoms with Crippen molar-refractivity contribution in [2.75, 3.05) is 6.54 Å². The van der Waals surface area contributed by atoms with Gasteiger partial charge in [0.15, 0.2) is 0 Å². The number of benzene rings is 4. The Labute approximate surface area is 384 Å². The molecule has 0 bridgehead atoms. The highest BCUT2D eigenvalue weighted by Gasteiger charge is 2.26. The Morgan fingerprint density at radius 2 is 1.61 bits per heavy atom. The summed E-state index contributed by atoms with van der Waals surface area (Å²) in [5.74, 6) is 0.665. The van der Waals surface area contributed by atoms with Gasteiger partial charge in [0.2, 0.25) is 0 Å². The monoisotopic (exact) mass is 884 g/mol. The third-order valence-corrected chi connectivity index (χ3v) is 17.9. The zero-order valence-corrected chi connectivity index (χ0v) is 40.7. The van der Waals surface area contributed by atoms with Crippen molar-refractivity contribution in [1.29, 1.82) is 0 Å². The van der Waals surface area contributed by atoms with Crippen molar-refractivity contribution in [1.82, 2.24) is 4.98 Å². The van der Waals surface area contributed by atoms with Gasteiger partial charge in [0, 0.05) is 51.9 Å². The maximum atomic E-state index is 5.14. The Kier molecular flexibility index (Phi) is 12.3. The number of hydrogen-bond acceptors (Lipinski definition) is 6. The van der Waals surface area contributed by atoms with Crippen molar-refractivity contribution in [3.05, 3.63) is 158 Å². The summed E-state index contributed by atoms with van der Waals surface area (Å²) in [6.07, 6.45) is 19.4. The van der Waals surface area contributed by atoms with Gasteiger partial charge in [0.05, 0.1) is 27.2 Å². The number of aryl methyl sites for hydroxylation is 4. The van der Waals surface area contributed by atoms with Gasteiger partial charge in [-0.05, 0) is 148 Å². The Morgan fingerprint density at radius 1 is 0.871 bits per heavy atom. The second-order valence-corrected chi connectivity index (χ2v) is 22.2. The largest absolute Gasteiger partial charge is 0.279 e. The number of thioether (sulfide) groups is 1. The zero-order chi connectivity index (χ0) is 43.2. The van der Waals surface area contributed by atoms with E-state index in [1.54, 1.807) is 11.3 Å². The molecule has 0 N–H and O–H groups in total. The summed E-state index contributed by atoms with van der Waals surface area (Å²) in [7, 11) is 0. The predicted octanol–water partition coefficient (Wildman–Crippen LogP) is 17.8. The second kappa shape index (κ2) is 17.9. The fourth-order valence-electron chi connectivity index (χ4n) is 9.50. The third-order valence-electron chi connectivity index (χ3n) is 12.7. The average Bonchev–Trinajstić information content (AvgIpc) is 3.98. The van der Waals surface area contributed by atoms with Crippen molar-refractivity contribution in [3.63, 3.8) is 0 Å². The number of hydrogen-bond donors (Lipinski definition) is 0. The van der Waals surface area contributed by atoms with Crippen LogP contribution in [-0.4, -0.2) is 21.8 Å². The Hall–Kier alpha value is -4.59. The summed E-state index contributed by atoms with van der Waals surface area (Å²) < 4.78 is 4.15. The lowest BCUT2D eigenvalue weighted by atomic mass is 9.84. The molecule has 7 aromatic rings. The lowest BCUT2D eigenvalue weighted by molar-refractivity contribution is 0.746. The number of nitrogens with zero attached hydrogens (tertiary/aromatic N) is 2. The minimum atomic E-state index is 0.181. The quantitative estimate of drug-likeness (QED) is 0.0777. The molecule has 0 radical (unpaired) electrons. The predicted molar refractivity (Wildman–Crippen MR) is 280 cm³/mol. The number of thiazole rings is 1. The molecule has 0 fully saturated rings. The van der Waals surface area contributed by atoms with Crippen LogP contribution in [0.1, 0.15) is 109 Å². The van der Waals surface area contributed by atoms with Crippen molar-refractivity contribution < 1.29 is 0 Å². The lowest BCUT2D eigenvalue weighted by Gasteiger charge is -2.21. The van der Waals surface area contributed by atoms with Gasteiger partial charge < -0.3 is 0 Å². The van der Waals surface area contributed by atoms with E-state index < -0.39 is 0 Å². The highest BCUT2D eigenvalue weighted by molar-refractivity contribution is 8.14. The SMILES string of the molecule is C/C=C\C=C(\c1cc(C)c2sc3c(C)cc(-c4nc(C)sc4-c4ccccc4)cc3c2c1)C(C)c1cc(C)c2sc3c(c2c1)C=C(CN=C(C)SC(C)C1=CC=CCC1)CC3C. The number of fused-ring (bicyclic) bond motifs is 6. The van der Waals surface area contributed by atoms with Crippen LogP contribution in [0, 0.1) is 27.7 Å². The van der Waals surface area contributed by atoms with Gasteiger partial charge in [0.1, 0.15) is 0 Å². The second-order valence-electron chi connectivity index (χ2n) is 17.4. The normalized spacial score (nSPS) is 17.0. The van der Waals surface area contributed by atoms with Gasteiger partial charge >= 0.3 is 0 Å². The molecule has 3 heterocycles. The van der Waals surface area contributed by atoms with Crippen LogP contribution in [0.15, 0.2) is 119 Å². The average molecular weight is 885 g/mol. The molecule has 0 spiro atoms. The molecule has 2 aliphatic carbocycles. The van der Waals surface area contributed by atoms with Gasteiger partial charge in [-0.3, -0.25) is 4.99 Å². The third kappa shape index (κ3) is 8.32. The molecular formula is C56H56N2S4. The highest BCUT2D eigenvalue weighted by Crippen LogP contribution is 2.48. The number of allylic oxidation sites excluding steroid dienone is 7. The number of aliphatic imine (C=N–C) groups is 1. The van der Waals surface area contributed by atoms with Crippen LogP contribution in [0.25, 0.3) is 63.6 Å². The van der Waals surface area contributed by atoms with Crippen LogP contribution < -0.4 is 0 Å². The molecular weight excluding hydrogens is 829 g/mol. The number of rotatable bonds is 10. The molecule has 0 saturated carbocycles. The van der Waals surface area contributed by atoms with E-state index in [2.05, 4.69) is 172 Å². The van der Waals surface area contributed by atoms with Gasteiger partial charge in [-0.25, -0.2) is 4.98 Å². The van der Waals surface area contributed by atoms with Crippen LogP contribution in [0.3, 0.4) is 0 Å². The van der Waals surface area contributed by atoms with E-state index in [-0.39, 0.29) is 5.92 Å². The minimum absolute atomic E-state index is 0.181. The van der Waals surface area contributed by atoms with Crippen molar-refractivity contribution in [3.8, 4) is 21.7 Å². The number of aromatic nitrogens is 1. The zero-order valence-electron chi connectivity index (χ0n) is 37.5. The van der Waals surface area contributed by atoms with Crippen LogP contribution in [-0.2, 0) is 0 Å². The molecule has 3 aromatic heterocycles. The van der Waals surface area contributed by atoms with Gasteiger partial charge in [-0.15, -0.1) is 45.8 Å². The van der Waals surface area contributed by atoms with Crippen LogP contribution in [0.2, 0.25) is 0 Å². The summed E-state index contributed by atoms with van der Waals surface area (Å²) in [5, 5.41) is 6.78. The van der Waals surface area contributed by atoms with Gasteiger partial charge in [0.25, 0.3) is 0 Å². The van der Waals surface area contributed by atoms with E-state index in [1.807, 2.05) is 34.4 Å². The molecule has 6 heteroatoms. The highest BCUT2D eigenvalue weighted by atomic mass is 32.2. The summed E-state index contributed by atoms with van der Waals surface area (Å²) in [6, 6.07) is 25.3. The lowest BCUT2D eigenvalue weighted by Crippen LogP contribution is -2.07. The fraction of sp³-hybridized carbons (Fsp3) is 0.286. The summed E-state index contributed by atoms with van der Waals surface area (Å²) in [4.78, 5) is 13.0. The Morgan fingerprint density at radius 3 is 2.37 bits per heavy atom. The van der Waals surface area contributed by atoms with Crippen LogP contribution in [0.4, 0.5) is 0 Å². The minimum Gasteiger partial charge on any atom is -0.279 e. The molecule has 9 rings (SSSR count). The topological polar surface area (TPSA) is 25.2 Å². The van der Waals surface area contributed by atoms with Crippen LogP contribution in [0.5, 0.6) is 0 Å².